The second-order valence-corrected chi connectivity index (χ2v) is 6.25. The van der Waals surface area contributed by atoms with Crippen LogP contribution in [0.2, 0.25) is 0 Å². The molecule has 0 unspecified atom stereocenters. The Labute approximate surface area is 115 Å². The van der Waals surface area contributed by atoms with Crippen LogP contribution in [0.4, 0.5) is 10.1 Å². The van der Waals surface area contributed by atoms with Gasteiger partial charge in [0.25, 0.3) is 0 Å². The fourth-order valence-corrected chi connectivity index (χ4v) is 3.62. The lowest BCUT2D eigenvalue weighted by Crippen LogP contribution is -2.40. The molecule has 1 aromatic rings. The number of benzene rings is 1. The van der Waals surface area contributed by atoms with Gasteiger partial charge in [0, 0.05) is 19.2 Å². The number of hydrogen-bond donors (Lipinski definition) is 0. The summed E-state index contributed by atoms with van der Waals surface area (Å²) in [6.07, 6.45) is 0. The number of nitro groups is 1. The molecule has 2 rings (SSSR count). The number of aryl methyl sites for hydroxylation is 1. The van der Waals surface area contributed by atoms with Crippen LogP contribution in [0.5, 0.6) is 0 Å². The van der Waals surface area contributed by atoms with E-state index in [-0.39, 0.29) is 36.8 Å². The zero-order chi connectivity index (χ0) is 14.9. The first kappa shape index (κ1) is 14.8. The molecule has 0 spiro atoms. The Hall–Kier alpha value is -1.58. The van der Waals surface area contributed by atoms with Crippen molar-refractivity contribution in [3.8, 4) is 0 Å². The van der Waals surface area contributed by atoms with Crippen LogP contribution in [0.3, 0.4) is 0 Å². The average molecular weight is 304 g/mol. The van der Waals surface area contributed by atoms with Gasteiger partial charge in [0.2, 0.25) is 15.8 Å². The van der Waals surface area contributed by atoms with Gasteiger partial charge in [-0.15, -0.1) is 0 Å². The molecule has 7 nitrogen and oxygen atoms in total. The number of rotatable bonds is 3. The third-order valence-corrected chi connectivity index (χ3v) is 5.07. The van der Waals surface area contributed by atoms with Crippen molar-refractivity contribution in [2.24, 2.45) is 0 Å². The molecule has 0 aromatic heterocycles. The second kappa shape index (κ2) is 5.43. The molecule has 1 aliphatic heterocycles. The highest BCUT2D eigenvalue weighted by molar-refractivity contribution is 7.89. The van der Waals surface area contributed by atoms with Crippen molar-refractivity contribution in [1.82, 2.24) is 4.31 Å². The molecule has 20 heavy (non-hydrogen) atoms. The van der Waals surface area contributed by atoms with Gasteiger partial charge in [0.05, 0.1) is 23.0 Å². The van der Waals surface area contributed by atoms with E-state index in [9.17, 15) is 22.9 Å². The maximum absolute atomic E-state index is 13.4. The number of morpholine rings is 1. The summed E-state index contributed by atoms with van der Waals surface area (Å²) < 4.78 is 44.5. The van der Waals surface area contributed by atoms with Gasteiger partial charge in [0.1, 0.15) is 0 Å². The molecule has 0 amide bonds. The first-order valence-corrected chi connectivity index (χ1v) is 7.30. The van der Waals surface area contributed by atoms with Gasteiger partial charge in [-0.1, -0.05) is 0 Å². The summed E-state index contributed by atoms with van der Waals surface area (Å²) in [6, 6.07) is 1.64. The minimum atomic E-state index is -3.88. The molecule has 0 atom stereocenters. The lowest BCUT2D eigenvalue weighted by molar-refractivity contribution is -0.387. The molecule has 0 radical (unpaired) electrons. The van der Waals surface area contributed by atoms with Gasteiger partial charge < -0.3 is 4.74 Å². The zero-order valence-electron chi connectivity index (χ0n) is 10.7. The SMILES string of the molecule is Cc1cc(F)c([N+](=O)[O-])cc1S(=O)(=O)N1CCOCC1. The van der Waals surface area contributed by atoms with Crippen molar-refractivity contribution in [3.63, 3.8) is 0 Å². The average Bonchev–Trinajstić information content (AvgIpc) is 2.39. The lowest BCUT2D eigenvalue weighted by Gasteiger charge is -2.26. The predicted molar refractivity (Wildman–Crippen MR) is 67.4 cm³/mol. The Morgan fingerprint density at radius 3 is 2.50 bits per heavy atom. The van der Waals surface area contributed by atoms with Crippen molar-refractivity contribution in [3.05, 3.63) is 33.6 Å². The highest BCUT2D eigenvalue weighted by Gasteiger charge is 2.30. The van der Waals surface area contributed by atoms with Crippen LogP contribution < -0.4 is 0 Å². The normalized spacial score (nSPS) is 17.1. The first-order valence-electron chi connectivity index (χ1n) is 5.86. The van der Waals surface area contributed by atoms with Crippen LogP contribution >= 0.6 is 0 Å². The van der Waals surface area contributed by atoms with Gasteiger partial charge in [-0.25, -0.2) is 8.42 Å². The number of nitrogens with zero attached hydrogens (tertiary/aromatic N) is 2. The predicted octanol–water partition coefficient (Wildman–Crippen LogP) is 1.06. The Kier molecular flexibility index (Phi) is 4.02. The van der Waals surface area contributed by atoms with E-state index in [1.54, 1.807) is 0 Å². The van der Waals surface area contributed by atoms with E-state index >= 15 is 0 Å². The molecule has 9 heteroatoms. The number of ether oxygens (including phenoxy) is 1. The molecule has 1 saturated heterocycles. The number of sulfonamides is 1. The summed E-state index contributed by atoms with van der Waals surface area (Å²) in [6.45, 7) is 2.28. The summed E-state index contributed by atoms with van der Waals surface area (Å²) >= 11 is 0. The molecule has 0 N–H and O–H groups in total. The van der Waals surface area contributed by atoms with E-state index in [0.717, 1.165) is 12.1 Å². The van der Waals surface area contributed by atoms with E-state index in [4.69, 9.17) is 4.74 Å². The molecule has 1 aliphatic rings. The van der Waals surface area contributed by atoms with Crippen LogP contribution in [0.15, 0.2) is 17.0 Å². The summed E-state index contributed by atoms with van der Waals surface area (Å²) in [5.41, 5.74) is -0.706. The molecule has 1 heterocycles. The summed E-state index contributed by atoms with van der Waals surface area (Å²) in [5.74, 6) is -1.05. The van der Waals surface area contributed by atoms with E-state index in [0.29, 0.717) is 0 Å². The maximum Gasteiger partial charge on any atom is 0.306 e. The van der Waals surface area contributed by atoms with Gasteiger partial charge in [-0.2, -0.15) is 8.70 Å². The van der Waals surface area contributed by atoms with Gasteiger partial charge in [-0.3, -0.25) is 10.1 Å². The minimum absolute atomic E-state index is 0.139. The number of nitro benzene ring substituents is 1. The molecule has 0 saturated carbocycles. The monoisotopic (exact) mass is 304 g/mol. The Morgan fingerprint density at radius 2 is 1.95 bits per heavy atom. The molecule has 0 aliphatic carbocycles. The quantitative estimate of drug-likeness (QED) is 0.615. The molecule has 1 fully saturated rings. The van der Waals surface area contributed by atoms with E-state index in [1.165, 1.54) is 11.2 Å². The van der Waals surface area contributed by atoms with E-state index in [2.05, 4.69) is 0 Å². The van der Waals surface area contributed by atoms with Crippen molar-refractivity contribution < 1.29 is 22.5 Å². The smallest absolute Gasteiger partial charge is 0.306 e. The van der Waals surface area contributed by atoms with Crippen LogP contribution in [0.25, 0.3) is 0 Å². The van der Waals surface area contributed by atoms with Crippen molar-refractivity contribution >= 4 is 15.7 Å². The van der Waals surface area contributed by atoms with Crippen molar-refractivity contribution in [1.29, 1.82) is 0 Å². The maximum atomic E-state index is 13.4. The highest BCUT2D eigenvalue weighted by atomic mass is 32.2. The third-order valence-electron chi connectivity index (χ3n) is 3.03. The molecule has 1 aromatic carbocycles. The number of hydrogen-bond acceptors (Lipinski definition) is 5. The van der Waals surface area contributed by atoms with Crippen LogP contribution in [0, 0.1) is 22.9 Å². The summed E-state index contributed by atoms with van der Waals surface area (Å²) in [5, 5.41) is 10.7. The zero-order valence-corrected chi connectivity index (χ0v) is 11.5. The summed E-state index contributed by atoms with van der Waals surface area (Å²) in [7, 11) is -3.88. The lowest BCUT2D eigenvalue weighted by atomic mass is 10.2. The van der Waals surface area contributed by atoms with Crippen LogP contribution in [-0.4, -0.2) is 43.9 Å². The first-order chi connectivity index (χ1) is 9.34. The molecular formula is C11H13FN2O5S. The van der Waals surface area contributed by atoms with Gasteiger partial charge in [-0.05, 0) is 18.6 Å². The fraction of sp³-hybridized carbons (Fsp3) is 0.455. The van der Waals surface area contributed by atoms with Gasteiger partial charge >= 0.3 is 5.69 Å². The van der Waals surface area contributed by atoms with Crippen LogP contribution in [0.1, 0.15) is 5.56 Å². The van der Waals surface area contributed by atoms with E-state index in [1.807, 2.05) is 0 Å². The van der Waals surface area contributed by atoms with Gasteiger partial charge in [0.15, 0.2) is 0 Å². The highest BCUT2D eigenvalue weighted by Crippen LogP contribution is 2.27. The minimum Gasteiger partial charge on any atom is -0.379 e. The Bertz CT molecular complexity index is 640. The van der Waals surface area contributed by atoms with Crippen molar-refractivity contribution in [2.45, 2.75) is 11.8 Å². The summed E-state index contributed by atoms with van der Waals surface area (Å²) in [4.78, 5) is 9.55. The van der Waals surface area contributed by atoms with E-state index < -0.39 is 26.5 Å². The second-order valence-electron chi connectivity index (χ2n) is 4.34. The largest absolute Gasteiger partial charge is 0.379 e. The molecule has 110 valence electrons. The molecular weight excluding hydrogens is 291 g/mol. The fourth-order valence-electron chi connectivity index (χ4n) is 1.99. The Balaban J connectivity index is 2.50. The number of halogens is 1. The van der Waals surface area contributed by atoms with Crippen molar-refractivity contribution in [2.75, 3.05) is 26.3 Å². The topological polar surface area (TPSA) is 89.8 Å². The van der Waals surface area contributed by atoms with Crippen LogP contribution in [-0.2, 0) is 14.8 Å². The third kappa shape index (κ3) is 2.65. The molecule has 0 bridgehead atoms. The Morgan fingerprint density at radius 1 is 1.35 bits per heavy atom. The standard InChI is InChI=1S/C11H13FN2O5S/c1-8-6-9(12)10(14(15)16)7-11(8)20(17,18)13-2-4-19-5-3-13/h6-7H,2-5H2,1H3.